The fourth-order valence-corrected chi connectivity index (χ4v) is 1.53. The number of aromatic carboxylic acids is 1. The number of methoxy groups -OCH3 is 1. The molecule has 1 heterocycles. The molecule has 2 aromatic rings. The van der Waals surface area contributed by atoms with E-state index in [0.717, 1.165) is 0 Å². The van der Waals surface area contributed by atoms with Gasteiger partial charge in [-0.1, -0.05) is 11.6 Å². The molecule has 0 unspecified atom stereocenters. The van der Waals surface area contributed by atoms with Gasteiger partial charge in [-0.05, 0) is 24.3 Å². The van der Waals surface area contributed by atoms with Crippen LogP contribution in [0.1, 0.15) is 10.5 Å². The van der Waals surface area contributed by atoms with Crippen LogP contribution in [0.4, 0.5) is 0 Å². The van der Waals surface area contributed by atoms with Crippen molar-refractivity contribution >= 4 is 17.6 Å². The Hall–Kier alpha value is -2.27. The van der Waals surface area contributed by atoms with Crippen LogP contribution in [0.15, 0.2) is 36.5 Å². The van der Waals surface area contributed by atoms with Crippen molar-refractivity contribution in [1.29, 1.82) is 0 Å². The second-order valence-electron chi connectivity index (χ2n) is 3.58. The van der Waals surface area contributed by atoms with Gasteiger partial charge in [-0.25, -0.2) is 9.78 Å². The summed E-state index contributed by atoms with van der Waals surface area (Å²) in [7, 11) is 1.43. The van der Waals surface area contributed by atoms with Crippen molar-refractivity contribution < 1.29 is 19.4 Å². The molecule has 0 aliphatic rings. The van der Waals surface area contributed by atoms with E-state index >= 15 is 0 Å². The Balaban J connectivity index is 2.29. The van der Waals surface area contributed by atoms with Crippen LogP contribution in [-0.2, 0) is 0 Å². The Bertz CT molecular complexity index is 598. The number of carboxylic acid groups (broad SMARTS) is 1. The summed E-state index contributed by atoms with van der Waals surface area (Å²) in [6.45, 7) is 0. The van der Waals surface area contributed by atoms with Gasteiger partial charge in [-0.2, -0.15) is 0 Å². The SMILES string of the molecule is COc1cc(C(=O)O)ncc1Oc1ccc(Cl)cc1. The van der Waals surface area contributed by atoms with Crippen molar-refractivity contribution in [1.82, 2.24) is 4.98 Å². The number of carboxylic acids is 1. The van der Waals surface area contributed by atoms with Crippen LogP contribution >= 0.6 is 11.6 Å². The first-order chi connectivity index (χ1) is 9.10. The Morgan fingerprint density at radius 3 is 2.53 bits per heavy atom. The van der Waals surface area contributed by atoms with E-state index in [0.29, 0.717) is 22.3 Å². The molecule has 1 N–H and O–H groups in total. The molecule has 0 spiro atoms. The van der Waals surface area contributed by atoms with Crippen molar-refractivity contribution in [2.75, 3.05) is 7.11 Å². The standard InChI is InChI=1S/C13H10ClNO4/c1-18-11-6-10(13(16)17)15-7-12(11)19-9-4-2-8(14)3-5-9/h2-7H,1H3,(H,16,17). The van der Waals surface area contributed by atoms with Crippen molar-refractivity contribution in [3.8, 4) is 17.2 Å². The Labute approximate surface area is 114 Å². The summed E-state index contributed by atoms with van der Waals surface area (Å²) in [4.78, 5) is 14.6. The minimum absolute atomic E-state index is 0.111. The number of ether oxygens (including phenoxy) is 2. The molecule has 2 rings (SSSR count). The molecular weight excluding hydrogens is 270 g/mol. The predicted molar refractivity (Wildman–Crippen MR) is 69.3 cm³/mol. The van der Waals surface area contributed by atoms with E-state index in [2.05, 4.69) is 4.98 Å². The van der Waals surface area contributed by atoms with Crippen molar-refractivity contribution in [3.63, 3.8) is 0 Å². The average molecular weight is 280 g/mol. The van der Waals surface area contributed by atoms with Crippen LogP contribution in [0.25, 0.3) is 0 Å². The zero-order valence-electron chi connectivity index (χ0n) is 9.96. The third kappa shape index (κ3) is 3.14. The van der Waals surface area contributed by atoms with Gasteiger partial charge in [0.2, 0.25) is 0 Å². The zero-order chi connectivity index (χ0) is 13.8. The van der Waals surface area contributed by atoms with Gasteiger partial charge in [-0.3, -0.25) is 0 Å². The maximum absolute atomic E-state index is 10.8. The molecule has 0 saturated heterocycles. The third-order valence-electron chi connectivity index (χ3n) is 2.31. The van der Waals surface area contributed by atoms with E-state index in [4.69, 9.17) is 26.2 Å². The highest BCUT2D eigenvalue weighted by atomic mass is 35.5. The molecule has 5 nitrogen and oxygen atoms in total. The lowest BCUT2D eigenvalue weighted by Crippen LogP contribution is -2.01. The number of hydrogen-bond donors (Lipinski definition) is 1. The zero-order valence-corrected chi connectivity index (χ0v) is 10.7. The lowest BCUT2D eigenvalue weighted by atomic mass is 10.3. The molecule has 0 aliphatic heterocycles. The number of hydrogen-bond acceptors (Lipinski definition) is 4. The number of halogens is 1. The first kappa shape index (κ1) is 13.2. The van der Waals surface area contributed by atoms with Crippen molar-refractivity contribution in [3.05, 3.63) is 47.2 Å². The lowest BCUT2D eigenvalue weighted by Gasteiger charge is -2.10. The molecule has 0 aliphatic carbocycles. The molecule has 98 valence electrons. The highest BCUT2D eigenvalue weighted by Gasteiger charge is 2.12. The molecule has 0 fully saturated rings. The summed E-state index contributed by atoms with van der Waals surface area (Å²) in [5.74, 6) is 0.0427. The molecule has 0 amide bonds. The van der Waals surface area contributed by atoms with Crippen LogP contribution < -0.4 is 9.47 Å². The Kier molecular flexibility index (Phi) is 3.87. The fourth-order valence-electron chi connectivity index (χ4n) is 1.41. The molecule has 1 aromatic heterocycles. The quantitative estimate of drug-likeness (QED) is 0.930. The monoisotopic (exact) mass is 279 g/mol. The maximum Gasteiger partial charge on any atom is 0.354 e. The summed E-state index contributed by atoms with van der Waals surface area (Å²) < 4.78 is 10.6. The van der Waals surface area contributed by atoms with E-state index in [1.54, 1.807) is 24.3 Å². The number of rotatable bonds is 4. The van der Waals surface area contributed by atoms with E-state index in [1.807, 2.05) is 0 Å². The third-order valence-corrected chi connectivity index (χ3v) is 2.56. The van der Waals surface area contributed by atoms with Crippen LogP contribution in [0, 0.1) is 0 Å². The topological polar surface area (TPSA) is 68.7 Å². The summed E-state index contributed by atoms with van der Waals surface area (Å²) in [6, 6.07) is 8.04. The average Bonchev–Trinajstić information content (AvgIpc) is 2.41. The van der Waals surface area contributed by atoms with Gasteiger partial charge in [0.1, 0.15) is 5.75 Å². The largest absolute Gasteiger partial charge is 0.493 e. The molecule has 0 radical (unpaired) electrons. The second kappa shape index (κ2) is 5.58. The number of carbonyl (C=O) groups is 1. The number of aromatic nitrogens is 1. The van der Waals surface area contributed by atoms with Crippen LogP contribution in [0.5, 0.6) is 17.2 Å². The molecule has 0 atom stereocenters. The smallest absolute Gasteiger partial charge is 0.354 e. The second-order valence-corrected chi connectivity index (χ2v) is 4.02. The van der Waals surface area contributed by atoms with Gasteiger partial charge >= 0.3 is 5.97 Å². The number of pyridine rings is 1. The van der Waals surface area contributed by atoms with Crippen molar-refractivity contribution in [2.45, 2.75) is 0 Å². The molecule has 19 heavy (non-hydrogen) atoms. The van der Waals surface area contributed by atoms with E-state index in [-0.39, 0.29) is 5.69 Å². The lowest BCUT2D eigenvalue weighted by molar-refractivity contribution is 0.0690. The van der Waals surface area contributed by atoms with Gasteiger partial charge in [-0.15, -0.1) is 0 Å². The van der Waals surface area contributed by atoms with Gasteiger partial charge in [0.25, 0.3) is 0 Å². The van der Waals surface area contributed by atoms with E-state index in [9.17, 15) is 4.79 Å². The van der Waals surface area contributed by atoms with Crippen LogP contribution in [-0.4, -0.2) is 23.2 Å². The van der Waals surface area contributed by atoms with Gasteiger partial charge in [0.15, 0.2) is 17.2 Å². The van der Waals surface area contributed by atoms with Gasteiger partial charge in [0, 0.05) is 11.1 Å². The minimum atomic E-state index is -1.13. The number of nitrogens with zero attached hydrogens (tertiary/aromatic N) is 1. The molecular formula is C13H10ClNO4. The highest BCUT2D eigenvalue weighted by Crippen LogP contribution is 2.31. The summed E-state index contributed by atoms with van der Waals surface area (Å²) in [5.41, 5.74) is -0.111. The normalized spacial score (nSPS) is 10.0. The first-order valence-electron chi connectivity index (χ1n) is 5.31. The molecule has 6 heteroatoms. The van der Waals surface area contributed by atoms with Gasteiger partial charge in [0.05, 0.1) is 13.3 Å². The molecule has 0 saturated carbocycles. The van der Waals surface area contributed by atoms with Gasteiger partial charge < -0.3 is 14.6 Å². The predicted octanol–water partition coefficient (Wildman–Crippen LogP) is 3.23. The summed E-state index contributed by atoms with van der Waals surface area (Å²) >= 11 is 5.77. The maximum atomic E-state index is 10.8. The summed E-state index contributed by atoms with van der Waals surface area (Å²) in [5, 5.41) is 9.44. The van der Waals surface area contributed by atoms with Crippen LogP contribution in [0.2, 0.25) is 5.02 Å². The minimum Gasteiger partial charge on any atom is -0.493 e. The molecule has 1 aromatic carbocycles. The summed E-state index contributed by atoms with van der Waals surface area (Å²) in [6.07, 6.45) is 1.30. The van der Waals surface area contributed by atoms with E-state index in [1.165, 1.54) is 19.4 Å². The van der Waals surface area contributed by atoms with E-state index < -0.39 is 5.97 Å². The highest BCUT2D eigenvalue weighted by molar-refractivity contribution is 6.30. The Morgan fingerprint density at radius 2 is 1.95 bits per heavy atom. The molecule has 0 bridgehead atoms. The first-order valence-corrected chi connectivity index (χ1v) is 5.68. The number of benzene rings is 1. The van der Waals surface area contributed by atoms with Crippen LogP contribution in [0.3, 0.4) is 0 Å². The fraction of sp³-hybridized carbons (Fsp3) is 0.0769. The Morgan fingerprint density at radius 1 is 1.26 bits per heavy atom. The van der Waals surface area contributed by atoms with Crippen molar-refractivity contribution in [2.24, 2.45) is 0 Å².